The van der Waals surface area contributed by atoms with E-state index < -0.39 is 0 Å². The van der Waals surface area contributed by atoms with Crippen molar-refractivity contribution in [3.63, 3.8) is 0 Å². The summed E-state index contributed by atoms with van der Waals surface area (Å²) in [6, 6.07) is 7.29. The summed E-state index contributed by atoms with van der Waals surface area (Å²) in [6.45, 7) is 8.82. The Morgan fingerprint density at radius 3 is 2.59 bits per heavy atom. The Hall–Kier alpha value is -1.41. The lowest BCUT2D eigenvalue weighted by molar-refractivity contribution is 0.227. The van der Waals surface area contributed by atoms with Gasteiger partial charge in [-0.25, -0.2) is 0 Å². The fourth-order valence-corrected chi connectivity index (χ4v) is 2.57. The molecule has 0 saturated carbocycles. The first kappa shape index (κ1) is 10.7. The Morgan fingerprint density at radius 2 is 1.88 bits per heavy atom. The molecule has 2 heterocycles. The van der Waals surface area contributed by atoms with E-state index in [1.807, 2.05) is 6.20 Å². The third-order valence-electron chi connectivity index (χ3n) is 3.76. The summed E-state index contributed by atoms with van der Waals surface area (Å²) in [4.78, 5) is 6.97. The molecular weight excluding hydrogens is 208 g/mol. The molecule has 0 bridgehead atoms. The third kappa shape index (κ3) is 1.73. The number of aryl methyl sites for hydroxylation is 1. The summed E-state index contributed by atoms with van der Waals surface area (Å²) < 4.78 is 0. The zero-order valence-electron chi connectivity index (χ0n) is 10.7. The van der Waals surface area contributed by atoms with Crippen LogP contribution in [-0.2, 0) is 13.1 Å². The molecule has 1 aliphatic rings. The zero-order chi connectivity index (χ0) is 12.0. The van der Waals surface area contributed by atoms with Crippen LogP contribution in [-0.4, -0.2) is 15.9 Å². The van der Waals surface area contributed by atoms with Crippen LogP contribution in [0, 0.1) is 6.92 Å². The molecule has 0 saturated heterocycles. The molecule has 17 heavy (non-hydrogen) atoms. The molecule has 2 nitrogen and oxygen atoms in total. The van der Waals surface area contributed by atoms with Crippen molar-refractivity contribution in [3.8, 4) is 0 Å². The van der Waals surface area contributed by atoms with Crippen LogP contribution in [0.25, 0.3) is 10.9 Å². The van der Waals surface area contributed by atoms with E-state index in [4.69, 9.17) is 0 Å². The number of rotatable bonds is 1. The molecule has 0 spiro atoms. The van der Waals surface area contributed by atoms with Gasteiger partial charge in [0.2, 0.25) is 0 Å². The van der Waals surface area contributed by atoms with Gasteiger partial charge in [0.1, 0.15) is 0 Å². The van der Waals surface area contributed by atoms with Gasteiger partial charge in [-0.2, -0.15) is 0 Å². The van der Waals surface area contributed by atoms with Crippen LogP contribution >= 0.6 is 0 Å². The highest BCUT2D eigenvalue weighted by molar-refractivity contribution is 5.83. The second-order valence-electron chi connectivity index (χ2n) is 5.26. The highest BCUT2D eigenvalue weighted by Gasteiger charge is 2.21. The molecule has 1 aliphatic heterocycles. The van der Waals surface area contributed by atoms with Crippen molar-refractivity contribution in [2.45, 2.75) is 39.9 Å². The maximum atomic E-state index is 4.47. The lowest BCUT2D eigenvalue weighted by Crippen LogP contribution is -2.24. The third-order valence-corrected chi connectivity index (χ3v) is 3.76. The molecular formula is C15H18N2. The minimum atomic E-state index is 0.611. The molecule has 1 aromatic heterocycles. The number of aromatic nitrogens is 1. The normalized spacial score (nSPS) is 15.8. The molecule has 0 amide bonds. The average molecular weight is 226 g/mol. The van der Waals surface area contributed by atoms with Gasteiger partial charge >= 0.3 is 0 Å². The van der Waals surface area contributed by atoms with Crippen LogP contribution in [0.4, 0.5) is 0 Å². The van der Waals surface area contributed by atoms with E-state index >= 15 is 0 Å². The molecule has 2 heteroatoms. The molecule has 0 fully saturated rings. The van der Waals surface area contributed by atoms with Gasteiger partial charge in [0.15, 0.2) is 0 Å². The Balaban J connectivity index is 2.12. The van der Waals surface area contributed by atoms with Crippen molar-refractivity contribution in [2.24, 2.45) is 0 Å². The van der Waals surface area contributed by atoms with Crippen LogP contribution in [0.1, 0.15) is 30.5 Å². The summed E-state index contributed by atoms with van der Waals surface area (Å²) in [5.74, 6) is 0. The summed E-state index contributed by atoms with van der Waals surface area (Å²) in [6.07, 6.45) is 1.90. The van der Waals surface area contributed by atoms with Crippen LogP contribution in [0.15, 0.2) is 24.4 Å². The summed E-state index contributed by atoms with van der Waals surface area (Å²) in [5, 5.41) is 1.30. The van der Waals surface area contributed by atoms with E-state index in [1.54, 1.807) is 0 Å². The van der Waals surface area contributed by atoms with Crippen LogP contribution in [0.5, 0.6) is 0 Å². The van der Waals surface area contributed by atoms with Crippen molar-refractivity contribution in [1.29, 1.82) is 0 Å². The van der Waals surface area contributed by atoms with Crippen LogP contribution in [0.3, 0.4) is 0 Å². The number of fused-ring (bicyclic) bond motifs is 2. The highest BCUT2D eigenvalue weighted by Crippen LogP contribution is 2.29. The number of nitrogens with zero attached hydrogens (tertiary/aromatic N) is 2. The van der Waals surface area contributed by atoms with Crippen molar-refractivity contribution in [1.82, 2.24) is 9.88 Å². The van der Waals surface area contributed by atoms with Crippen LogP contribution < -0.4 is 0 Å². The maximum Gasteiger partial charge on any atom is 0.0708 e. The second-order valence-corrected chi connectivity index (χ2v) is 5.26. The topological polar surface area (TPSA) is 16.1 Å². The number of hydrogen-bond donors (Lipinski definition) is 0. The Morgan fingerprint density at radius 1 is 1.18 bits per heavy atom. The quantitative estimate of drug-likeness (QED) is 0.742. The van der Waals surface area contributed by atoms with Gasteiger partial charge in [-0.05, 0) is 55.7 Å². The molecule has 3 rings (SSSR count). The van der Waals surface area contributed by atoms with Crippen molar-refractivity contribution < 1.29 is 0 Å². The van der Waals surface area contributed by atoms with E-state index in [1.165, 1.54) is 22.1 Å². The van der Waals surface area contributed by atoms with Crippen molar-refractivity contribution in [3.05, 3.63) is 41.1 Å². The van der Waals surface area contributed by atoms with Crippen molar-refractivity contribution in [2.75, 3.05) is 0 Å². The molecule has 1 aromatic carbocycles. The van der Waals surface area contributed by atoms with E-state index in [2.05, 4.69) is 48.9 Å². The maximum absolute atomic E-state index is 4.47. The van der Waals surface area contributed by atoms with E-state index in [9.17, 15) is 0 Å². The molecule has 0 atom stereocenters. The first-order valence-corrected chi connectivity index (χ1v) is 6.26. The number of benzene rings is 1. The summed E-state index contributed by atoms with van der Waals surface area (Å²) in [7, 11) is 0. The standard InChI is InChI=1S/C15H18N2/c1-10(2)17-8-12-6-14-11(3)4-5-16-15(14)7-13(12)9-17/h4-7,10H,8-9H2,1-3H3. The summed E-state index contributed by atoms with van der Waals surface area (Å²) in [5.41, 5.74) is 5.38. The molecule has 0 radical (unpaired) electrons. The Labute approximate surface area is 102 Å². The lowest BCUT2D eigenvalue weighted by atomic mass is 10.0. The Bertz CT molecular complexity index is 572. The molecule has 0 aliphatic carbocycles. The largest absolute Gasteiger partial charge is 0.292 e. The number of pyridine rings is 1. The Kier molecular flexibility index (Phi) is 2.40. The first-order valence-electron chi connectivity index (χ1n) is 6.26. The predicted molar refractivity (Wildman–Crippen MR) is 70.9 cm³/mol. The molecule has 2 aromatic rings. The van der Waals surface area contributed by atoms with Gasteiger partial charge < -0.3 is 0 Å². The fourth-order valence-electron chi connectivity index (χ4n) is 2.57. The first-order chi connectivity index (χ1) is 8.15. The van der Waals surface area contributed by atoms with Gasteiger partial charge in [0, 0.05) is 30.7 Å². The van der Waals surface area contributed by atoms with Crippen LogP contribution in [0.2, 0.25) is 0 Å². The van der Waals surface area contributed by atoms with Crippen molar-refractivity contribution >= 4 is 10.9 Å². The predicted octanol–water partition coefficient (Wildman–Crippen LogP) is 3.27. The monoisotopic (exact) mass is 226 g/mol. The van der Waals surface area contributed by atoms with Gasteiger partial charge in [-0.15, -0.1) is 0 Å². The minimum Gasteiger partial charge on any atom is -0.292 e. The molecule has 0 unspecified atom stereocenters. The minimum absolute atomic E-state index is 0.611. The lowest BCUT2D eigenvalue weighted by Gasteiger charge is -2.18. The van der Waals surface area contributed by atoms with E-state index in [-0.39, 0.29) is 0 Å². The smallest absolute Gasteiger partial charge is 0.0708 e. The fraction of sp³-hybridized carbons (Fsp3) is 0.400. The zero-order valence-corrected chi connectivity index (χ0v) is 10.7. The van der Waals surface area contributed by atoms with Gasteiger partial charge in [0.25, 0.3) is 0 Å². The second kappa shape index (κ2) is 3.81. The molecule has 88 valence electrons. The van der Waals surface area contributed by atoms with Gasteiger partial charge in [-0.1, -0.05) is 0 Å². The molecule has 0 N–H and O–H groups in total. The number of hydrogen-bond acceptors (Lipinski definition) is 2. The SMILES string of the molecule is Cc1ccnc2cc3c(cc12)CN(C(C)C)C3. The van der Waals surface area contributed by atoms with E-state index in [0.717, 1.165) is 18.6 Å². The van der Waals surface area contributed by atoms with Gasteiger partial charge in [0.05, 0.1) is 5.52 Å². The average Bonchev–Trinajstić information content (AvgIpc) is 2.70. The van der Waals surface area contributed by atoms with Gasteiger partial charge in [-0.3, -0.25) is 9.88 Å². The van der Waals surface area contributed by atoms with E-state index in [0.29, 0.717) is 6.04 Å². The highest BCUT2D eigenvalue weighted by atomic mass is 15.2. The summed E-state index contributed by atoms with van der Waals surface area (Å²) >= 11 is 0.